The highest BCUT2D eigenvalue weighted by Crippen LogP contribution is 2.29. The van der Waals surface area contributed by atoms with Crippen LogP contribution in [-0.4, -0.2) is 52.9 Å². The topological polar surface area (TPSA) is 65.1 Å². The molecule has 3 aromatic rings. The number of pyridine rings is 1. The maximum atomic E-state index is 12.2. The molecule has 0 aliphatic carbocycles. The van der Waals surface area contributed by atoms with Crippen molar-refractivity contribution >= 4 is 22.6 Å². The van der Waals surface area contributed by atoms with Crippen molar-refractivity contribution in [3.63, 3.8) is 0 Å². The van der Waals surface area contributed by atoms with Gasteiger partial charge in [-0.3, -0.25) is 9.78 Å². The number of rotatable bonds is 3. The molecule has 0 unspecified atom stereocenters. The number of nitrogens with zero attached hydrogens (tertiary/aromatic N) is 4. The molecule has 26 heavy (non-hydrogen) atoms. The fourth-order valence-electron chi connectivity index (χ4n) is 3.56. The first-order valence-corrected chi connectivity index (χ1v) is 8.99. The van der Waals surface area contributed by atoms with Gasteiger partial charge >= 0.3 is 0 Å². The zero-order chi connectivity index (χ0) is 18.1. The van der Waals surface area contributed by atoms with E-state index in [1.807, 2.05) is 30.3 Å². The minimum atomic E-state index is -0.0716. The van der Waals surface area contributed by atoms with Crippen LogP contribution in [0.25, 0.3) is 11.0 Å². The van der Waals surface area contributed by atoms with E-state index in [2.05, 4.69) is 20.9 Å². The number of aromatic amines is 1. The molecule has 3 heterocycles. The van der Waals surface area contributed by atoms with Crippen LogP contribution < -0.4 is 4.90 Å². The van der Waals surface area contributed by atoms with Crippen molar-refractivity contribution in [1.29, 1.82) is 0 Å². The van der Waals surface area contributed by atoms with E-state index in [0.717, 1.165) is 48.5 Å². The summed E-state index contributed by atoms with van der Waals surface area (Å²) >= 11 is 0. The average Bonchev–Trinajstić information content (AvgIpc) is 3.12. The third-order valence-electron chi connectivity index (χ3n) is 4.95. The van der Waals surface area contributed by atoms with Crippen LogP contribution in [0.15, 0.2) is 42.6 Å². The van der Waals surface area contributed by atoms with Gasteiger partial charge in [-0.15, -0.1) is 0 Å². The molecule has 1 N–H and O–H groups in total. The summed E-state index contributed by atoms with van der Waals surface area (Å²) in [4.78, 5) is 28.6. The quantitative estimate of drug-likeness (QED) is 0.789. The number of benzene rings is 1. The summed E-state index contributed by atoms with van der Waals surface area (Å²) in [6, 6.07) is 12.0. The molecule has 4 rings (SSSR count). The van der Waals surface area contributed by atoms with Crippen LogP contribution in [0.4, 0.5) is 5.69 Å². The standard InChI is InChI=1S/C20H23N5O/c1-24(2)20(26)18-12-15(9-10-21-18)25-11-5-6-14(13-25)19-22-16-7-3-4-8-17(16)23-19/h3-4,7-10,12,14H,5-6,11,13H2,1-2H3,(H,22,23)/t14-/m0/s1. The van der Waals surface area contributed by atoms with Gasteiger partial charge in [0.05, 0.1) is 11.0 Å². The molecule has 1 atom stereocenters. The number of fused-ring (bicyclic) bond motifs is 1. The molecule has 1 aliphatic heterocycles. The molecule has 1 saturated heterocycles. The lowest BCUT2D eigenvalue weighted by molar-refractivity contribution is 0.0822. The van der Waals surface area contributed by atoms with E-state index in [1.54, 1.807) is 25.2 Å². The minimum absolute atomic E-state index is 0.0716. The van der Waals surface area contributed by atoms with E-state index in [9.17, 15) is 4.79 Å². The first-order valence-electron chi connectivity index (χ1n) is 8.99. The Morgan fingerprint density at radius 3 is 2.92 bits per heavy atom. The van der Waals surface area contributed by atoms with Crippen molar-refractivity contribution in [3.8, 4) is 0 Å². The number of hydrogen-bond donors (Lipinski definition) is 1. The smallest absolute Gasteiger partial charge is 0.272 e. The molecule has 1 fully saturated rings. The Bertz CT molecular complexity index is 900. The number of piperidine rings is 1. The Labute approximate surface area is 152 Å². The van der Waals surface area contributed by atoms with Gasteiger partial charge in [0.2, 0.25) is 0 Å². The van der Waals surface area contributed by atoms with Gasteiger partial charge in [0.25, 0.3) is 5.91 Å². The molecule has 1 amide bonds. The number of hydrogen-bond acceptors (Lipinski definition) is 4. The largest absolute Gasteiger partial charge is 0.371 e. The maximum absolute atomic E-state index is 12.2. The van der Waals surface area contributed by atoms with Gasteiger partial charge in [-0.05, 0) is 37.1 Å². The first kappa shape index (κ1) is 16.6. The highest BCUT2D eigenvalue weighted by Gasteiger charge is 2.24. The molecule has 0 saturated carbocycles. The van der Waals surface area contributed by atoms with E-state index in [0.29, 0.717) is 11.6 Å². The molecule has 0 radical (unpaired) electrons. The van der Waals surface area contributed by atoms with Crippen molar-refractivity contribution in [2.45, 2.75) is 18.8 Å². The second-order valence-corrected chi connectivity index (χ2v) is 7.02. The van der Waals surface area contributed by atoms with Crippen LogP contribution in [0.3, 0.4) is 0 Å². The Balaban J connectivity index is 1.57. The zero-order valence-electron chi connectivity index (χ0n) is 15.1. The second kappa shape index (κ2) is 6.78. The summed E-state index contributed by atoms with van der Waals surface area (Å²) in [5.41, 5.74) is 3.63. The van der Waals surface area contributed by atoms with Gasteiger partial charge in [0, 0.05) is 45.0 Å². The van der Waals surface area contributed by atoms with Crippen LogP contribution in [0.1, 0.15) is 35.1 Å². The summed E-state index contributed by atoms with van der Waals surface area (Å²) in [7, 11) is 3.49. The fraction of sp³-hybridized carbons (Fsp3) is 0.350. The number of H-pyrrole nitrogens is 1. The van der Waals surface area contributed by atoms with Gasteiger partial charge < -0.3 is 14.8 Å². The summed E-state index contributed by atoms with van der Waals surface area (Å²) in [6.07, 6.45) is 3.93. The first-order chi connectivity index (χ1) is 12.6. The van der Waals surface area contributed by atoms with E-state index in [1.165, 1.54) is 0 Å². The van der Waals surface area contributed by atoms with Crippen molar-refractivity contribution in [2.75, 3.05) is 32.1 Å². The lowest BCUT2D eigenvalue weighted by Crippen LogP contribution is -2.35. The number of para-hydroxylation sites is 2. The second-order valence-electron chi connectivity index (χ2n) is 7.02. The van der Waals surface area contributed by atoms with Gasteiger partial charge in [0.1, 0.15) is 11.5 Å². The predicted molar refractivity (Wildman–Crippen MR) is 103 cm³/mol. The number of aromatic nitrogens is 3. The van der Waals surface area contributed by atoms with E-state index >= 15 is 0 Å². The molecule has 0 spiro atoms. The molecule has 6 nitrogen and oxygen atoms in total. The van der Waals surface area contributed by atoms with E-state index in [4.69, 9.17) is 4.98 Å². The monoisotopic (exact) mass is 349 g/mol. The maximum Gasteiger partial charge on any atom is 0.272 e. The Hall–Kier alpha value is -2.89. The van der Waals surface area contributed by atoms with Crippen molar-refractivity contribution < 1.29 is 4.79 Å². The van der Waals surface area contributed by atoms with Gasteiger partial charge in [-0.25, -0.2) is 4.98 Å². The summed E-state index contributed by atoms with van der Waals surface area (Å²) < 4.78 is 0. The Morgan fingerprint density at radius 2 is 2.12 bits per heavy atom. The van der Waals surface area contributed by atoms with Gasteiger partial charge in [0.15, 0.2) is 0 Å². The number of imidazole rings is 1. The molecule has 1 aliphatic rings. The number of carbonyl (C=O) groups is 1. The van der Waals surface area contributed by atoms with Crippen molar-refractivity contribution in [3.05, 3.63) is 54.1 Å². The van der Waals surface area contributed by atoms with E-state index < -0.39 is 0 Å². The summed E-state index contributed by atoms with van der Waals surface area (Å²) in [5.74, 6) is 1.34. The number of anilines is 1. The Kier molecular flexibility index (Phi) is 4.32. The summed E-state index contributed by atoms with van der Waals surface area (Å²) in [5, 5.41) is 0. The third-order valence-corrected chi connectivity index (χ3v) is 4.95. The van der Waals surface area contributed by atoms with Crippen LogP contribution in [0.2, 0.25) is 0 Å². The Morgan fingerprint density at radius 1 is 1.27 bits per heavy atom. The third kappa shape index (κ3) is 3.14. The molecule has 2 aromatic heterocycles. The zero-order valence-corrected chi connectivity index (χ0v) is 15.1. The summed E-state index contributed by atoms with van der Waals surface area (Å²) in [6.45, 7) is 1.87. The molecular formula is C20H23N5O. The van der Waals surface area contributed by atoms with Crippen LogP contribution in [-0.2, 0) is 0 Å². The fourth-order valence-corrected chi connectivity index (χ4v) is 3.56. The number of amides is 1. The highest BCUT2D eigenvalue weighted by atomic mass is 16.2. The normalized spacial score (nSPS) is 17.5. The molecular weight excluding hydrogens is 326 g/mol. The lowest BCUT2D eigenvalue weighted by Gasteiger charge is -2.33. The van der Waals surface area contributed by atoms with Crippen molar-refractivity contribution in [2.24, 2.45) is 0 Å². The van der Waals surface area contributed by atoms with E-state index in [-0.39, 0.29) is 5.91 Å². The minimum Gasteiger partial charge on any atom is -0.371 e. The molecule has 0 bridgehead atoms. The number of nitrogens with one attached hydrogen (secondary N) is 1. The molecule has 134 valence electrons. The van der Waals surface area contributed by atoms with Gasteiger partial charge in [-0.1, -0.05) is 12.1 Å². The van der Waals surface area contributed by atoms with Crippen LogP contribution >= 0.6 is 0 Å². The van der Waals surface area contributed by atoms with Crippen LogP contribution in [0.5, 0.6) is 0 Å². The average molecular weight is 349 g/mol. The van der Waals surface area contributed by atoms with Crippen LogP contribution in [0, 0.1) is 0 Å². The van der Waals surface area contributed by atoms with Crippen molar-refractivity contribution in [1.82, 2.24) is 19.9 Å². The SMILES string of the molecule is CN(C)C(=O)c1cc(N2CCC[C@H](c3nc4ccccc4[nH]3)C2)ccn1. The molecule has 6 heteroatoms. The number of carbonyl (C=O) groups excluding carboxylic acids is 1. The lowest BCUT2D eigenvalue weighted by atomic mass is 9.97. The predicted octanol–water partition coefficient (Wildman–Crippen LogP) is 3.04. The highest BCUT2D eigenvalue weighted by molar-refractivity contribution is 5.92. The molecule has 1 aromatic carbocycles. The van der Waals surface area contributed by atoms with Gasteiger partial charge in [-0.2, -0.15) is 0 Å².